The molecule has 2 atom stereocenters. The number of anilines is 2. The molecule has 82 heavy (non-hydrogen) atoms. The maximum atomic E-state index is 12.5. The van der Waals surface area contributed by atoms with Crippen LogP contribution in [-0.4, -0.2) is 148 Å². The normalized spacial score (nSPS) is 15.0. The van der Waals surface area contributed by atoms with Crippen molar-refractivity contribution in [2.45, 2.75) is 24.9 Å². The van der Waals surface area contributed by atoms with Crippen molar-refractivity contribution in [1.82, 2.24) is 40.4 Å². The molecule has 4 heterocycles. The molecule has 7 aromatic rings. The zero-order chi connectivity index (χ0) is 57.2. The molecule has 0 bridgehead atoms. The highest BCUT2D eigenvalue weighted by Gasteiger charge is 2.29. The summed E-state index contributed by atoms with van der Waals surface area (Å²) < 4.78 is 34.3. The van der Waals surface area contributed by atoms with Crippen molar-refractivity contribution in [3.05, 3.63) is 175 Å². The van der Waals surface area contributed by atoms with Crippen LogP contribution in [0.25, 0.3) is 22.5 Å². The molecule has 18 nitrogen and oxygen atoms in total. The number of carbonyl (C=O) groups excluding carboxylic acids is 2. The molecule has 430 valence electrons. The van der Waals surface area contributed by atoms with E-state index >= 15 is 0 Å². The Balaban J connectivity index is 0.573. The third-order valence-electron chi connectivity index (χ3n) is 13.6. The summed E-state index contributed by atoms with van der Waals surface area (Å²) >= 11 is 26.1. The Morgan fingerprint density at radius 3 is 1.33 bits per heavy atom. The lowest BCUT2D eigenvalue weighted by Crippen LogP contribution is -2.32. The van der Waals surface area contributed by atoms with Crippen molar-refractivity contribution in [2.24, 2.45) is 0 Å². The second-order valence-corrected chi connectivity index (χ2v) is 21.3. The fraction of sp³-hybridized carbons (Fsp3) is 0.333. The van der Waals surface area contributed by atoms with Gasteiger partial charge in [-0.05, 0) is 108 Å². The molecule has 0 saturated carbocycles. The molecule has 0 radical (unpaired) electrons. The highest BCUT2D eigenvalue weighted by molar-refractivity contribution is 6.35. The number of halogens is 4. The van der Waals surface area contributed by atoms with Crippen LogP contribution in [-0.2, 0) is 32.0 Å². The van der Waals surface area contributed by atoms with Crippen LogP contribution in [0.2, 0.25) is 20.1 Å². The zero-order valence-electron chi connectivity index (χ0n) is 45.5. The maximum Gasteiger partial charge on any atom is 0.319 e. The lowest BCUT2D eigenvalue weighted by Gasteiger charge is -2.33. The second kappa shape index (κ2) is 30.0. The van der Waals surface area contributed by atoms with Crippen LogP contribution in [0.4, 0.5) is 21.0 Å². The van der Waals surface area contributed by atoms with E-state index in [1.54, 1.807) is 36.4 Å². The number of rotatable bonds is 26. The largest absolute Gasteiger partial charge is 0.475 e. The average molecular weight is 1200 g/mol. The minimum atomic E-state index is -0.392. The van der Waals surface area contributed by atoms with E-state index in [-0.39, 0.29) is 11.8 Å². The van der Waals surface area contributed by atoms with E-state index in [1.165, 1.54) is 12.7 Å². The SMILES string of the molecule is CN1Cc2c(Cl)cc(Cl)cc2[C@H](c2cccc(-c3cc(OCCOCCOCCNC(=O)Nc4ccc(NC(=O)NCCOCCOCCOc5cc(-c6cccc([C@@H]7CN(C)Cc8c(Cl)cc(Cl)cc87)c6)ncn5)cc4)ncn3)c2)C1. The van der Waals surface area contributed by atoms with Crippen molar-refractivity contribution in [3.63, 3.8) is 0 Å². The molecule has 0 aliphatic carbocycles. The number of urea groups is 2. The Bertz CT molecular complexity index is 3060. The minimum Gasteiger partial charge on any atom is -0.475 e. The molecule has 9 rings (SSSR count). The minimum absolute atomic E-state index is 0.103. The highest BCUT2D eigenvalue weighted by atomic mass is 35.5. The van der Waals surface area contributed by atoms with E-state index in [2.05, 4.69) is 89.4 Å². The Morgan fingerprint density at radius 2 is 0.902 bits per heavy atom. The number of ether oxygens (including phenoxy) is 6. The predicted molar refractivity (Wildman–Crippen MR) is 319 cm³/mol. The fourth-order valence-electron chi connectivity index (χ4n) is 9.76. The second-order valence-electron chi connectivity index (χ2n) is 19.6. The van der Waals surface area contributed by atoms with E-state index < -0.39 is 12.1 Å². The molecular weight excluding hydrogens is 1130 g/mol. The standard InChI is InChI=1S/C60H64Cl4N10O8/c1-73-33-49(47-27-43(61)29-53(63)51(47)35-73)39-5-3-7-41(25-39)55-31-57(69-37-67-55)81-23-21-79-19-17-77-15-13-65-59(75)71-45-9-11-46(12-10-45)72-60(76)66-14-16-78-18-20-80-22-24-82-58-32-56(68-38-70-58)42-8-4-6-40(26-42)50-34-74(2)36-52-48(50)28-44(62)30-54(52)64/h3-12,25-32,37-38,49-50H,13-24,33-36H2,1-2H3,(H2,65,71,75)(H2,66,72,76)/t49-,50-/m0/s1. The first-order valence-corrected chi connectivity index (χ1v) is 28.4. The molecule has 22 heteroatoms. The lowest BCUT2D eigenvalue weighted by atomic mass is 9.84. The number of aromatic nitrogens is 4. The number of nitrogens with zero attached hydrogens (tertiary/aromatic N) is 6. The van der Waals surface area contributed by atoms with Crippen molar-refractivity contribution in [3.8, 4) is 34.3 Å². The van der Waals surface area contributed by atoms with Crippen molar-refractivity contribution in [1.29, 1.82) is 0 Å². The molecule has 5 aromatic carbocycles. The zero-order valence-corrected chi connectivity index (χ0v) is 48.5. The smallest absolute Gasteiger partial charge is 0.319 e. The van der Waals surface area contributed by atoms with Crippen molar-refractivity contribution in [2.75, 3.05) is 117 Å². The predicted octanol–water partition coefficient (Wildman–Crippen LogP) is 10.8. The summed E-state index contributed by atoms with van der Waals surface area (Å²) in [6.45, 7) is 7.03. The van der Waals surface area contributed by atoms with Crippen LogP contribution in [0.5, 0.6) is 11.8 Å². The monoisotopic (exact) mass is 1190 g/mol. The Kier molecular flexibility index (Phi) is 22.0. The first-order valence-electron chi connectivity index (χ1n) is 26.9. The van der Waals surface area contributed by atoms with Gasteiger partial charge >= 0.3 is 12.1 Å². The molecule has 0 unspecified atom stereocenters. The highest BCUT2D eigenvalue weighted by Crippen LogP contribution is 2.41. The van der Waals surface area contributed by atoms with Gasteiger partial charge in [-0.2, -0.15) is 0 Å². The summed E-state index contributed by atoms with van der Waals surface area (Å²) in [5, 5.41) is 13.7. The van der Waals surface area contributed by atoms with E-state index in [0.717, 1.165) is 82.1 Å². The van der Waals surface area contributed by atoms with Crippen LogP contribution in [0, 0.1) is 0 Å². The van der Waals surface area contributed by atoms with Crippen LogP contribution in [0.15, 0.2) is 122 Å². The number of carbonyl (C=O) groups is 2. The van der Waals surface area contributed by atoms with E-state index in [9.17, 15) is 9.59 Å². The summed E-state index contributed by atoms with van der Waals surface area (Å²) in [4.78, 5) is 47.0. The first-order chi connectivity index (χ1) is 39.9. The van der Waals surface area contributed by atoms with Gasteiger partial charge in [0, 0.05) is 106 Å². The molecule has 4 amide bonds. The molecule has 0 spiro atoms. The third kappa shape index (κ3) is 17.2. The first kappa shape index (κ1) is 59.9. The van der Waals surface area contributed by atoms with Crippen LogP contribution < -0.4 is 30.7 Å². The van der Waals surface area contributed by atoms with Crippen LogP contribution >= 0.6 is 46.4 Å². The number of hydrogen-bond donors (Lipinski definition) is 4. The summed E-state index contributed by atoms with van der Waals surface area (Å²) in [6, 6.07) is 33.9. The Labute approximate surface area is 497 Å². The number of hydrogen-bond acceptors (Lipinski definition) is 14. The van der Waals surface area contributed by atoms with E-state index in [1.807, 2.05) is 48.5 Å². The van der Waals surface area contributed by atoms with Crippen molar-refractivity contribution < 1.29 is 38.0 Å². The van der Waals surface area contributed by atoms with Gasteiger partial charge in [-0.25, -0.2) is 29.5 Å². The van der Waals surface area contributed by atoms with Gasteiger partial charge in [0.25, 0.3) is 0 Å². The topological polar surface area (TPSA) is 196 Å². The third-order valence-corrected chi connectivity index (χ3v) is 14.7. The molecule has 0 fully saturated rings. The molecule has 2 aromatic heterocycles. The molecule has 0 saturated heterocycles. The van der Waals surface area contributed by atoms with E-state index in [4.69, 9.17) is 74.8 Å². The molecule has 2 aliphatic heterocycles. The fourth-order valence-corrected chi connectivity index (χ4v) is 10.9. The Hall–Kier alpha value is -6.68. The van der Waals surface area contributed by atoms with Gasteiger partial charge in [-0.15, -0.1) is 0 Å². The molecule has 2 aliphatic rings. The van der Waals surface area contributed by atoms with Gasteiger partial charge in [-0.3, -0.25) is 0 Å². The number of amides is 4. The number of fused-ring (bicyclic) bond motifs is 2. The maximum absolute atomic E-state index is 12.5. The van der Waals surface area contributed by atoms with Gasteiger partial charge in [0.2, 0.25) is 11.8 Å². The molecular formula is C60H64Cl4N10O8. The average Bonchev–Trinajstić information content (AvgIpc) is 3.63. The van der Waals surface area contributed by atoms with Crippen LogP contribution in [0.1, 0.15) is 45.2 Å². The lowest BCUT2D eigenvalue weighted by molar-refractivity contribution is 0.0372. The number of benzene rings is 5. The number of nitrogens with one attached hydrogen (secondary N) is 4. The summed E-state index contributed by atoms with van der Waals surface area (Å²) in [7, 11) is 4.18. The summed E-state index contributed by atoms with van der Waals surface area (Å²) in [6.07, 6.45) is 2.98. The van der Waals surface area contributed by atoms with Gasteiger partial charge < -0.3 is 59.5 Å². The summed E-state index contributed by atoms with van der Waals surface area (Å²) in [5.41, 5.74) is 11.3. The molecule has 4 N–H and O–H groups in total. The Morgan fingerprint density at radius 1 is 0.500 bits per heavy atom. The van der Waals surface area contributed by atoms with Crippen molar-refractivity contribution >= 4 is 69.8 Å². The van der Waals surface area contributed by atoms with Gasteiger partial charge in [-0.1, -0.05) is 82.8 Å². The van der Waals surface area contributed by atoms with E-state index in [0.29, 0.717) is 122 Å². The van der Waals surface area contributed by atoms with Gasteiger partial charge in [0.05, 0.1) is 64.2 Å². The number of likely N-dealkylation sites (N-methyl/N-ethyl adjacent to an activating group) is 2. The van der Waals surface area contributed by atoms with Crippen LogP contribution in [0.3, 0.4) is 0 Å². The van der Waals surface area contributed by atoms with Gasteiger partial charge in [0.1, 0.15) is 25.9 Å². The summed E-state index contributed by atoms with van der Waals surface area (Å²) in [5.74, 6) is 1.09. The van der Waals surface area contributed by atoms with Gasteiger partial charge in [0.15, 0.2) is 0 Å². The quantitative estimate of drug-likeness (QED) is 0.0374.